The van der Waals surface area contributed by atoms with E-state index in [4.69, 9.17) is 19.8 Å². The molecule has 6 rings (SSSR count). The fourth-order valence-electron chi connectivity index (χ4n) is 8.82. The first-order valence-electron chi connectivity index (χ1n) is 24.5. The lowest BCUT2D eigenvalue weighted by Crippen LogP contribution is -2.39. The van der Waals surface area contributed by atoms with Crippen LogP contribution in [0.4, 0.5) is 0 Å². The summed E-state index contributed by atoms with van der Waals surface area (Å²) in [6, 6.07) is 6.36. The summed E-state index contributed by atoms with van der Waals surface area (Å²) in [4.78, 5) is 108. The van der Waals surface area contributed by atoms with E-state index in [1.54, 1.807) is 75.4 Å². The number of hydroxylamine groups is 1. The van der Waals surface area contributed by atoms with Crippen LogP contribution < -0.4 is 21.6 Å². The minimum absolute atomic E-state index is 0.0212. The molecule has 1 unspecified atom stereocenters. The van der Waals surface area contributed by atoms with Crippen LogP contribution in [0.15, 0.2) is 162 Å². The van der Waals surface area contributed by atoms with Gasteiger partial charge in [-0.05, 0) is 122 Å². The molecule has 8 bridgehead atoms. The van der Waals surface area contributed by atoms with Crippen LogP contribution in [0.1, 0.15) is 65.4 Å². The highest BCUT2D eigenvalue weighted by molar-refractivity contribution is 6.58. The van der Waals surface area contributed by atoms with Crippen molar-refractivity contribution in [3.05, 3.63) is 153 Å². The molecular formula is C54H59BN8O15. The van der Waals surface area contributed by atoms with E-state index in [0.717, 1.165) is 10.5 Å². The minimum atomic E-state index is -1.70. The second kappa shape index (κ2) is 25.8. The second-order valence-corrected chi connectivity index (χ2v) is 18.5. The fraction of sp³-hybridized carbons (Fsp3) is 0.296. The lowest BCUT2D eigenvalue weighted by Gasteiger charge is -2.21. The normalized spacial score (nSPS) is 17.8. The number of carboxylic acid groups (broad SMARTS) is 4. The first-order valence-corrected chi connectivity index (χ1v) is 24.5. The van der Waals surface area contributed by atoms with Crippen LogP contribution in [0.5, 0.6) is 0 Å². The number of aliphatic hydroxyl groups is 1. The van der Waals surface area contributed by atoms with Crippen molar-refractivity contribution in [2.75, 3.05) is 39.3 Å². The molecule has 5 heterocycles. The van der Waals surface area contributed by atoms with E-state index in [0.29, 0.717) is 101 Å². The van der Waals surface area contributed by atoms with Crippen molar-refractivity contribution < 1.29 is 74.0 Å². The van der Waals surface area contributed by atoms with E-state index in [1.165, 1.54) is 24.4 Å². The SMILES string of the molecule is C=CC1=C(C)C2=CC3=NC(=CC4=NC(=CC5=C(C=CNOCCCNC(=O)/C=C/c6ccc(B(O)O)cc6)C(C)(O)C(=CC1=N2)N5)C(C)=C4CCC(=O)N(CC(=O)O)CC(=O)O)C(CCC(=O)N(CC(=O)O)CC(=O)O)=C3C. The number of carboxylic acids is 4. The van der Waals surface area contributed by atoms with Crippen LogP contribution in [-0.4, -0.2) is 156 Å². The number of hydrogen-bond donors (Lipinski definition) is 10. The maximum absolute atomic E-state index is 13.5. The zero-order valence-corrected chi connectivity index (χ0v) is 43.2. The number of amides is 3. The minimum Gasteiger partial charge on any atom is -0.480 e. The second-order valence-electron chi connectivity index (χ2n) is 18.5. The Morgan fingerprint density at radius 1 is 0.718 bits per heavy atom. The molecule has 0 spiro atoms. The third kappa shape index (κ3) is 14.8. The molecule has 0 radical (unpaired) electrons. The summed E-state index contributed by atoms with van der Waals surface area (Å²) < 4.78 is 0. The molecule has 1 aromatic carbocycles. The summed E-state index contributed by atoms with van der Waals surface area (Å²) in [5.74, 6) is -7.46. The Morgan fingerprint density at radius 3 is 1.85 bits per heavy atom. The monoisotopic (exact) mass is 1070 g/mol. The molecule has 0 saturated heterocycles. The number of aliphatic carboxylic acids is 4. The number of aliphatic imine (C=N–C) groups is 3. The maximum atomic E-state index is 13.5. The van der Waals surface area contributed by atoms with Gasteiger partial charge in [0.1, 0.15) is 31.8 Å². The van der Waals surface area contributed by atoms with Crippen molar-refractivity contribution in [3.63, 3.8) is 0 Å². The van der Waals surface area contributed by atoms with Gasteiger partial charge >= 0.3 is 31.0 Å². The largest absolute Gasteiger partial charge is 0.488 e. The van der Waals surface area contributed by atoms with Gasteiger partial charge in [-0.15, -0.1) is 0 Å². The Labute approximate surface area is 448 Å². The maximum Gasteiger partial charge on any atom is 0.488 e. The molecule has 3 amide bonds. The van der Waals surface area contributed by atoms with E-state index in [2.05, 4.69) is 22.7 Å². The molecule has 5 aliphatic heterocycles. The summed E-state index contributed by atoms with van der Waals surface area (Å²) in [6.07, 6.45) is 14.1. The van der Waals surface area contributed by atoms with Crippen molar-refractivity contribution in [1.82, 2.24) is 25.9 Å². The van der Waals surface area contributed by atoms with Crippen molar-refractivity contribution in [2.45, 2.75) is 65.4 Å². The van der Waals surface area contributed by atoms with Gasteiger partial charge in [0.05, 0.1) is 46.5 Å². The number of allylic oxidation sites excluding steroid dienone is 11. The average Bonchev–Trinajstić information content (AvgIpc) is 4.07. The van der Waals surface area contributed by atoms with Crippen LogP contribution in [0.3, 0.4) is 0 Å². The number of nitrogens with one attached hydrogen (secondary N) is 3. The molecule has 1 atom stereocenters. The van der Waals surface area contributed by atoms with Gasteiger partial charge in [-0.3, -0.25) is 43.9 Å². The van der Waals surface area contributed by atoms with Crippen LogP contribution in [0.2, 0.25) is 0 Å². The summed E-state index contributed by atoms with van der Waals surface area (Å²) >= 11 is 0. The Hall–Kier alpha value is -8.84. The topological polar surface area (TPSA) is 350 Å². The first kappa shape index (κ1) is 58.4. The predicted octanol–water partition coefficient (Wildman–Crippen LogP) is 2.13. The third-order valence-electron chi connectivity index (χ3n) is 13.0. The number of nitrogens with zero attached hydrogens (tertiary/aromatic N) is 5. The van der Waals surface area contributed by atoms with E-state index >= 15 is 0 Å². The standard InChI is InChI=1S/C54H59BN8O15/c1-6-35-30(2)39-22-40-31(3)36(13-16-48(65)62(26-50(67)68)27-51(69)70)42(58-40)24-43-37(14-17-49(66)63(28-52(71)72)29-53(73)74)32(4)41(59-43)23-45-38(54(5,75)46(61-45)25-44(35)60-39)18-20-57-78-21-7-19-56-47(64)15-10-33-8-11-34(12-9-33)55(76)77/h6,8-12,15,18,20,22-25,57,61,75-77H,1,7,13-14,16-17,19,21,26-29H2,2-5H3,(H,56,64)(H,67,68)(H,69,70)(H,71,72)(H,73,74)/b15-10+,20-18?,39-22?,41-23?,42-24?,46-25?. The van der Waals surface area contributed by atoms with Crippen LogP contribution >= 0.6 is 0 Å². The highest BCUT2D eigenvalue weighted by atomic mass is 16.6. The van der Waals surface area contributed by atoms with Crippen molar-refractivity contribution in [3.8, 4) is 0 Å². The van der Waals surface area contributed by atoms with Gasteiger partial charge in [0.25, 0.3) is 0 Å². The Bertz CT molecular complexity index is 3090. The first-order chi connectivity index (χ1) is 37.0. The predicted molar refractivity (Wildman–Crippen MR) is 287 cm³/mol. The Balaban J connectivity index is 1.35. The highest BCUT2D eigenvalue weighted by Crippen LogP contribution is 2.40. The summed E-state index contributed by atoms with van der Waals surface area (Å²) in [7, 11) is -1.60. The van der Waals surface area contributed by atoms with Gasteiger partial charge < -0.3 is 56.0 Å². The summed E-state index contributed by atoms with van der Waals surface area (Å²) in [6.45, 7) is 8.00. The molecule has 24 heteroatoms. The van der Waals surface area contributed by atoms with E-state index in [-0.39, 0.29) is 44.7 Å². The molecule has 78 heavy (non-hydrogen) atoms. The number of carbonyl (C=O) groups is 7. The fourth-order valence-corrected chi connectivity index (χ4v) is 8.82. The lowest BCUT2D eigenvalue weighted by molar-refractivity contribution is -0.149. The average molecular weight is 1070 g/mol. The highest BCUT2D eigenvalue weighted by Gasteiger charge is 2.39. The molecular weight excluding hydrogens is 1010 g/mol. The van der Waals surface area contributed by atoms with Gasteiger partial charge in [0.2, 0.25) is 17.7 Å². The number of benzene rings is 1. The lowest BCUT2D eigenvalue weighted by atomic mass is 9.80. The number of rotatable bonds is 25. The van der Waals surface area contributed by atoms with E-state index in [9.17, 15) is 69.1 Å². The van der Waals surface area contributed by atoms with Gasteiger partial charge in [0.15, 0.2) is 0 Å². The molecule has 0 aliphatic carbocycles. The number of carbonyl (C=O) groups excluding carboxylic acids is 3. The van der Waals surface area contributed by atoms with Gasteiger partial charge in [0, 0.05) is 48.5 Å². The molecule has 0 fully saturated rings. The van der Waals surface area contributed by atoms with Crippen LogP contribution in [-0.2, 0) is 38.4 Å². The van der Waals surface area contributed by atoms with Crippen LogP contribution in [0, 0.1) is 0 Å². The van der Waals surface area contributed by atoms with Gasteiger partial charge in [-0.1, -0.05) is 36.9 Å². The zero-order valence-electron chi connectivity index (χ0n) is 43.2. The molecule has 1 aromatic rings. The molecule has 408 valence electrons. The summed E-state index contributed by atoms with van der Waals surface area (Å²) in [5, 5.41) is 74.9. The third-order valence-corrected chi connectivity index (χ3v) is 13.0. The van der Waals surface area contributed by atoms with Crippen molar-refractivity contribution >= 4 is 77.4 Å². The Morgan fingerprint density at radius 2 is 1.27 bits per heavy atom. The van der Waals surface area contributed by atoms with Gasteiger partial charge in [-0.25, -0.2) is 15.0 Å². The molecule has 23 nitrogen and oxygen atoms in total. The summed E-state index contributed by atoms with van der Waals surface area (Å²) in [5.41, 5.74) is 9.01. The quantitative estimate of drug-likeness (QED) is 0.0290. The van der Waals surface area contributed by atoms with Crippen molar-refractivity contribution in [1.29, 1.82) is 0 Å². The van der Waals surface area contributed by atoms with E-state index in [1.807, 2.05) is 6.92 Å². The van der Waals surface area contributed by atoms with Gasteiger partial charge in [-0.2, -0.15) is 0 Å². The molecule has 0 saturated carbocycles. The van der Waals surface area contributed by atoms with Crippen molar-refractivity contribution in [2.24, 2.45) is 15.0 Å². The number of fused-ring (bicyclic) bond motifs is 5. The van der Waals surface area contributed by atoms with E-state index < -0.39 is 74.6 Å². The molecule has 5 aliphatic rings. The Kier molecular flexibility index (Phi) is 19.3. The number of hydrogen-bond acceptors (Lipinski definition) is 16. The smallest absolute Gasteiger partial charge is 0.480 e. The molecule has 0 aromatic heterocycles. The molecule has 10 N–H and O–H groups in total. The zero-order chi connectivity index (χ0) is 57.0. The van der Waals surface area contributed by atoms with Crippen LogP contribution in [0.25, 0.3) is 6.08 Å².